The standard InChI is InChI=1S/C5H12O.2C4H10O.C4H10.2CH4/c1-4-6-5(2)3;2*1-4(2)5-3;1-4(2)3;;/h5H,4H2,1-3H3;2*4H,1-3H3;4H,1-3H3;2*1H4/i;3D3;;;;. The predicted molar refractivity (Wildman–Crippen MR) is 105 cm³/mol. The zero-order valence-electron chi connectivity index (χ0n) is 18.7. The highest BCUT2D eigenvalue weighted by Crippen LogP contribution is 1.83. The first-order chi connectivity index (χ1) is 10.2. The van der Waals surface area contributed by atoms with E-state index in [0.29, 0.717) is 12.2 Å². The smallest absolute Gasteiger partial charge is 0.0530 e. The molecule has 0 fully saturated rings. The summed E-state index contributed by atoms with van der Waals surface area (Å²) in [4.78, 5) is 0. The van der Waals surface area contributed by atoms with Gasteiger partial charge in [0, 0.05) is 20.8 Å². The Morgan fingerprint density at radius 3 is 1.05 bits per heavy atom. The molecule has 0 radical (unpaired) electrons. The highest BCUT2D eigenvalue weighted by Gasteiger charge is 1.83. The minimum absolute atomic E-state index is 0. The predicted octanol–water partition coefficient (Wildman–Crippen LogP) is 6.45. The maximum atomic E-state index is 6.57. The third-order valence-corrected chi connectivity index (χ3v) is 1.21. The molecule has 144 valence electrons. The van der Waals surface area contributed by atoms with Crippen molar-refractivity contribution >= 4 is 0 Å². The molecule has 0 aromatic heterocycles. The minimum atomic E-state index is -2.23. The highest BCUT2D eigenvalue weighted by atomic mass is 16.5. The quantitative estimate of drug-likeness (QED) is 0.593. The van der Waals surface area contributed by atoms with Gasteiger partial charge in [-0.1, -0.05) is 35.6 Å². The highest BCUT2D eigenvalue weighted by molar-refractivity contribution is 4.30. The van der Waals surface area contributed by atoms with Gasteiger partial charge in [-0.25, -0.2) is 0 Å². The monoisotopic (exact) mass is 329 g/mol. The molecule has 0 heterocycles. The van der Waals surface area contributed by atoms with Gasteiger partial charge in [0.1, 0.15) is 0 Å². The van der Waals surface area contributed by atoms with Crippen molar-refractivity contribution in [3.63, 3.8) is 0 Å². The van der Waals surface area contributed by atoms with Crippen molar-refractivity contribution in [3.8, 4) is 0 Å². The van der Waals surface area contributed by atoms with E-state index in [0.717, 1.165) is 12.5 Å². The number of methoxy groups -OCH3 is 2. The Bertz CT molecular complexity index is 202. The molecule has 0 spiro atoms. The van der Waals surface area contributed by atoms with E-state index in [9.17, 15) is 0 Å². The van der Waals surface area contributed by atoms with Crippen LogP contribution in [-0.4, -0.2) is 39.1 Å². The second-order valence-corrected chi connectivity index (χ2v) is 5.69. The van der Waals surface area contributed by atoms with Crippen LogP contribution in [0.3, 0.4) is 0 Å². The van der Waals surface area contributed by atoms with Crippen molar-refractivity contribution in [3.05, 3.63) is 0 Å². The van der Waals surface area contributed by atoms with Crippen LogP contribution in [0.1, 0.15) is 88.2 Å². The Kier molecular flexibility index (Phi) is 39.8. The Morgan fingerprint density at radius 2 is 1.05 bits per heavy atom. The van der Waals surface area contributed by atoms with Crippen LogP contribution in [0.2, 0.25) is 0 Å². The lowest BCUT2D eigenvalue weighted by Crippen LogP contribution is -1.99. The summed E-state index contributed by atoms with van der Waals surface area (Å²) in [5.41, 5.74) is 0. The van der Waals surface area contributed by atoms with Gasteiger partial charge in [-0.05, 0) is 54.4 Å². The van der Waals surface area contributed by atoms with Crippen molar-refractivity contribution in [2.75, 3.05) is 20.8 Å². The van der Waals surface area contributed by atoms with E-state index >= 15 is 0 Å². The first kappa shape index (κ1) is 26.8. The van der Waals surface area contributed by atoms with Gasteiger partial charge in [0.15, 0.2) is 0 Å². The summed E-state index contributed by atoms with van der Waals surface area (Å²) in [5.74, 6) is 0.833. The Balaban J connectivity index is -0.0000000483. The fourth-order valence-corrected chi connectivity index (χ4v) is 0.333. The first-order valence-corrected chi connectivity index (χ1v) is 7.51. The van der Waals surface area contributed by atoms with Crippen molar-refractivity contribution < 1.29 is 18.3 Å². The average Bonchev–Trinajstić information content (AvgIpc) is 2.25. The molecule has 0 aliphatic rings. The average molecular weight is 330 g/mol. The van der Waals surface area contributed by atoms with Gasteiger partial charge in [-0.3, -0.25) is 0 Å². The molecular formula is C19H50O3. The summed E-state index contributed by atoms with van der Waals surface area (Å²) < 4.78 is 33.9. The fraction of sp³-hybridized carbons (Fsp3) is 1.00. The number of rotatable bonds is 4. The first-order valence-electron chi connectivity index (χ1n) is 9.01. The molecule has 0 bridgehead atoms. The van der Waals surface area contributed by atoms with Crippen LogP contribution >= 0.6 is 0 Å². The molecule has 3 heteroatoms. The van der Waals surface area contributed by atoms with Crippen LogP contribution in [0.15, 0.2) is 0 Å². The lowest BCUT2D eigenvalue weighted by Gasteiger charge is -2.00. The molecule has 0 rings (SSSR count). The SMILES string of the molecule is C.C.CC(C)C.CCOC(C)C.COC(C)C.[2H]C([2H])([2H])OC(C)C. The van der Waals surface area contributed by atoms with Gasteiger partial charge in [0.2, 0.25) is 0 Å². The molecule has 0 saturated carbocycles. The Hall–Kier alpha value is -0.120. The maximum Gasteiger partial charge on any atom is 0.0530 e. The fourth-order valence-electron chi connectivity index (χ4n) is 0.333. The van der Waals surface area contributed by atoms with Crippen molar-refractivity contribution in [2.24, 2.45) is 5.92 Å². The van der Waals surface area contributed by atoms with Crippen LogP contribution in [0.25, 0.3) is 0 Å². The molecule has 0 saturated heterocycles. The van der Waals surface area contributed by atoms with Crippen LogP contribution in [0.4, 0.5) is 0 Å². The molecule has 0 N–H and O–H groups in total. The van der Waals surface area contributed by atoms with Crippen LogP contribution in [-0.2, 0) is 14.2 Å². The van der Waals surface area contributed by atoms with E-state index in [2.05, 4.69) is 25.5 Å². The van der Waals surface area contributed by atoms with E-state index in [4.69, 9.17) is 13.6 Å². The summed E-state index contributed by atoms with van der Waals surface area (Å²) >= 11 is 0. The van der Waals surface area contributed by atoms with E-state index in [-0.39, 0.29) is 21.0 Å². The summed E-state index contributed by atoms with van der Waals surface area (Å²) in [6.07, 6.45) is 0.562. The van der Waals surface area contributed by atoms with E-state index in [1.165, 1.54) is 0 Å². The van der Waals surface area contributed by atoms with Gasteiger partial charge in [0.25, 0.3) is 0 Å². The third-order valence-electron chi connectivity index (χ3n) is 1.21. The molecule has 3 nitrogen and oxygen atoms in total. The summed E-state index contributed by atoms with van der Waals surface area (Å²) in [6, 6.07) is 0. The molecule has 0 aliphatic heterocycles. The molecule has 0 aromatic rings. The van der Waals surface area contributed by atoms with Gasteiger partial charge >= 0.3 is 0 Å². The second kappa shape index (κ2) is 32.7. The number of ether oxygens (including phenoxy) is 3. The molecule has 0 aliphatic carbocycles. The molecule has 0 atom stereocenters. The van der Waals surface area contributed by atoms with Crippen molar-refractivity contribution in [2.45, 2.75) is 102 Å². The zero-order chi connectivity index (χ0) is 19.6. The second-order valence-electron chi connectivity index (χ2n) is 5.69. The number of hydrogen-bond donors (Lipinski definition) is 0. The molecule has 22 heavy (non-hydrogen) atoms. The van der Waals surface area contributed by atoms with Crippen molar-refractivity contribution in [1.82, 2.24) is 0 Å². The minimum Gasteiger partial charge on any atom is -0.382 e. The summed E-state index contributed by atoms with van der Waals surface area (Å²) in [7, 11) is -0.529. The van der Waals surface area contributed by atoms with Crippen LogP contribution < -0.4 is 0 Å². The molecule has 0 amide bonds. The van der Waals surface area contributed by atoms with E-state index in [1.807, 2.05) is 34.6 Å². The Morgan fingerprint density at radius 1 is 0.727 bits per heavy atom. The van der Waals surface area contributed by atoms with Crippen LogP contribution in [0.5, 0.6) is 0 Å². The van der Waals surface area contributed by atoms with Gasteiger partial charge in [0.05, 0.1) is 22.4 Å². The lowest BCUT2D eigenvalue weighted by molar-refractivity contribution is 0.0899. The number of hydrogen-bond acceptors (Lipinski definition) is 3. The van der Waals surface area contributed by atoms with Crippen LogP contribution in [0, 0.1) is 5.92 Å². The van der Waals surface area contributed by atoms with Gasteiger partial charge in [-0.15, -0.1) is 0 Å². The third kappa shape index (κ3) is 150. The van der Waals surface area contributed by atoms with Gasteiger partial charge in [-0.2, -0.15) is 0 Å². The van der Waals surface area contributed by atoms with Crippen molar-refractivity contribution in [1.29, 1.82) is 0 Å². The van der Waals surface area contributed by atoms with E-state index in [1.54, 1.807) is 21.0 Å². The van der Waals surface area contributed by atoms with Gasteiger partial charge < -0.3 is 14.2 Å². The topological polar surface area (TPSA) is 27.7 Å². The normalized spacial score (nSPS) is 11.3. The molecular weight excluding hydrogens is 276 g/mol. The lowest BCUT2D eigenvalue weighted by atomic mass is 10.3. The maximum absolute atomic E-state index is 6.57. The molecule has 0 unspecified atom stereocenters. The largest absolute Gasteiger partial charge is 0.382 e. The summed E-state index contributed by atoms with van der Waals surface area (Å²) in [6.45, 7) is 20.8. The van der Waals surface area contributed by atoms with E-state index < -0.39 is 7.04 Å². The molecule has 0 aromatic carbocycles. The Labute approximate surface area is 148 Å². The summed E-state index contributed by atoms with van der Waals surface area (Å²) in [5, 5.41) is 0. The zero-order valence-corrected chi connectivity index (χ0v) is 15.7.